The van der Waals surface area contributed by atoms with Crippen molar-refractivity contribution in [2.45, 2.75) is 39.4 Å². The average Bonchev–Trinajstić information content (AvgIpc) is 3.59. The molecule has 0 aliphatic carbocycles. The van der Waals surface area contributed by atoms with Crippen molar-refractivity contribution < 1.29 is 33.4 Å². The van der Waals surface area contributed by atoms with Crippen LogP contribution < -0.4 is 15.4 Å². The van der Waals surface area contributed by atoms with Gasteiger partial charge in [0.2, 0.25) is 5.91 Å². The predicted octanol–water partition coefficient (Wildman–Crippen LogP) is 4.97. The summed E-state index contributed by atoms with van der Waals surface area (Å²) < 4.78 is 17.2. The van der Waals surface area contributed by atoms with E-state index < -0.39 is 17.8 Å². The number of amides is 2. The van der Waals surface area contributed by atoms with E-state index in [0.29, 0.717) is 27.9 Å². The molecule has 0 radical (unpaired) electrons. The van der Waals surface area contributed by atoms with E-state index >= 15 is 0 Å². The molecule has 4 rings (SSSR count). The number of rotatable bonds is 13. The van der Waals surface area contributed by atoms with Crippen molar-refractivity contribution >= 4 is 51.9 Å². The molecular formula is C31H33N5O7S2. The highest BCUT2D eigenvalue weighted by molar-refractivity contribution is 7.99. The summed E-state index contributed by atoms with van der Waals surface area (Å²) in [6.07, 6.45) is 0. The zero-order valence-electron chi connectivity index (χ0n) is 25.5. The van der Waals surface area contributed by atoms with Crippen molar-refractivity contribution in [1.82, 2.24) is 20.1 Å². The molecule has 2 heterocycles. The molecule has 2 amide bonds. The Labute approximate surface area is 268 Å². The maximum atomic E-state index is 13.1. The fraction of sp³-hybridized carbons (Fsp3) is 0.290. The molecule has 0 saturated carbocycles. The number of carbonyl (C=O) groups excluding carboxylic acids is 4. The van der Waals surface area contributed by atoms with Crippen molar-refractivity contribution in [3.8, 4) is 11.4 Å². The average molecular weight is 652 g/mol. The number of nitrogens with zero attached hydrogens (tertiary/aromatic N) is 3. The molecule has 12 nitrogen and oxygen atoms in total. The summed E-state index contributed by atoms with van der Waals surface area (Å²) in [5.74, 6) is -0.948. The molecule has 236 valence electrons. The molecule has 0 aliphatic heterocycles. The minimum Gasteiger partial charge on any atom is -0.497 e. The van der Waals surface area contributed by atoms with Crippen LogP contribution in [0.1, 0.15) is 61.2 Å². The number of thiophene rings is 1. The fourth-order valence-corrected chi connectivity index (χ4v) is 6.15. The molecule has 2 aromatic carbocycles. The van der Waals surface area contributed by atoms with Gasteiger partial charge in [0.1, 0.15) is 15.6 Å². The summed E-state index contributed by atoms with van der Waals surface area (Å²) in [6.45, 7) is 7.29. The van der Waals surface area contributed by atoms with Gasteiger partial charge in [-0.2, -0.15) is 0 Å². The van der Waals surface area contributed by atoms with Gasteiger partial charge in [0.05, 0.1) is 38.2 Å². The third-order valence-electron chi connectivity index (χ3n) is 6.39. The van der Waals surface area contributed by atoms with Crippen LogP contribution in [0.5, 0.6) is 5.75 Å². The van der Waals surface area contributed by atoms with Crippen molar-refractivity contribution in [3.63, 3.8) is 0 Å². The van der Waals surface area contributed by atoms with Gasteiger partial charge in [-0.05, 0) is 75.2 Å². The molecule has 0 atom stereocenters. The van der Waals surface area contributed by atoms with Crippen LogP contribution in [0.2, 0.25) is 0 Å². The summed E-state index contributed by atoms with van der Waals surface area (Å²) in [4.78, 5) is 51.4. The number of aryl methyl sites for hydroxylation is 1. The second-order valence-electron chi connectivity index (χ2n) is 9.52. The van der Waals surface area contributed by atoms with Gasteiger partial charge in [-0.3, -0.25) is 14.2 Å². The van der Waals surface area contributed by atoms with Crippen LogP contribution >= 0.6 is 23.1 Å². The number of hydrogen-bond acceptors (Lipinski definition) is 11. The minimum atomic E-state index is -0.648. The van der Waals surface area contributed by atoms with E-state index in [2.05, 4.69) is 20.8 Å². The zero-order valence-corrected chi connectivity index (χ0v) is 27.1. The lowest BCUT2D eigenvalue weighted by molar-refractivity contribution is -0.113. The smallest absolute Gasteiger partial charge is 0.348 e. The summed E-state index contributed by atoms with van der Waals surface area (Å²) >= 11 is 2.08. The highest BCUT2D eigenvalue weighted by Crippen LogP contribution is 2.35. The Morgan fingerprint density at radius 2 is 1.67 bits per heavy atom. The van der Waals surface area contributed by atoms with Gasteiger partial charge in [-0.15, -0.1) is 21.5 Å². The summed E-state index contributed by atoms with van der Waals surface area (Å²) in [5, 5.41) is 14.8. The maximum absolute atomic E-state index is 13.1. The van der Waals surface area contributed by atoms with E-state index in [1.807, 2.05) is 31.2 Å². The van der Waals surface area contributed by atoms with Gasteiger partial charge in [0.25, 0.3) is 5.91 Å². The number of hydrogen-bond donors (Lipinski definition) is 2. The predicted molar refractivity (Wildman–Crippen MR) is 171 cm³/mol. The van der Waals surface area contributed by atoms with Gasteiger partial charge in [0.15, 0.2) is 11.0 Å². The number of aromatic nitrogens is 3. The van der Waals surface area contributed by atoms with Crippen LogP contribution in [0.4, 0.5) is 5.00 Å². The lowest BCUT2D eigenvalue weighted by Crippen LogP contribution is -2.24. The van der Waals surface area contributed by atoms with Gasteiger partial charge < -0.3 is 24.8 Å². The Morgan fingerprint density at radius 1 is 0.956 bits per heavy atom. The van der Waals surface area contributed by atoms with Gasteiger partial charge >= 0.3 is 11.9 Å². The number of anilines is 1. The number of thioether (sulfide) groups is 1. The molecule has 14 heteroatoms. The summed E-state index contributed by atoms with van der Waals surface area (Å²) in [6, 6.07) is 14.4. The standard InChI is InChI=1S/C31H33N5O7S2/c1-6-42-29(39)25-19(4)26(30(40)43-7-2)45-28(25)33-24(37)17-44-31-35-34-23(36(31)21-10-8-9-18(3)15-21)16-32-27(38)20-11-13-22(41-5)14-12-20/h8-15H,6-7,16-17H2,1-5H3,(H,32,38)(H,33,37). The molecule has 4 aromatic rings. The maximum Gasteiger partial charge on any atom is 0.348 e. The zero-order chi connectivity index (χ0) is 32.5. The van der Waals surface area contributed by atoms with E-state index in [-0.39, 0.29) is 46.9 Å². The Bertz CT molecular complexity index is 1700. The summed E-state index contributed by atoms with van der Waals surface area (Å²) in [5.41, 5.74) is 2.71. The molecule has 45 heavy (non-hydrogen) atoms. The van der Waals surface area contributed by atoms with E-state index in [9.17, 15) is 19.2 Å². The van der Waals surface area contributed by atoms with Crippen LogP contribution in [0.15, 0.2) is 53.7 Å². The van der Waals surface area contributed by atoms with Crippen molar-refractivity contribution in [2.24, 2.45) is 0 Å². The number of benzene rings is 2. The number of carbonyl (C=O) groups is 4. The second kappa shape index (κ2) is 15.3. The lowest BCUT2D eigenvalue weighted by atomic mass is 10.1. The van der Waals surface area contributed by atoms with Gasteiger partial charge in [-0.25, -0.2) is 9.59 Å². The first-order valence-corrected chi connectivity index (χ1v) is 15.8. The second-order valence-corrected chi connectivity index (χ2v) is 11.5. The Hall–Kier alpha value is -4.69. The minimum absolute atomic E-state index is 0.0760. The van der Waals surface area contributed by atoms with E-state index in [1.165, 1.54) is 0 Å². The molecule has 2 N–H and O–H groups in total. The SMILES string of the molecule is CCOC(=O)c1sc(NC(=O)CSc2nnc(CNC(=O)c3ccc(OC)cc3)n2-c2cccc(C)c2)c(C(=O)OCC)c1C. The number of ether oxygens (including phenoxy) is 3. The molecule has 0 fully saturated rings. The van der Waals surface area contributed by atoms with Crippen molar-refractivity contribution in [2.75, 3.05) is 31.4 Å². The third-order valence-corrected chi connectivity index (χ3v) is 8.51. The van der Waals surface area contributed by atoms with Gasteiger partial charge in [0, 0.05) is 11.3 Å². The van der Waals surface area contributed by atoms with Gasteiger partial charge in [-0.1, -0.05) is 23.9 Å². The first-order valence-electron chi connectivity index (χ1n) is 14.0. The van der Waals surface area contributed by atoms with E-state index in [0.717, 1.165) is 34.3 Å². The molecule has 0 saturated heterocycles. The van der Waals surface area contributed by atoms with Crippen molar-refractivity contribution in [3.05, 3.63) is 81.5 Å². The van der Waals surface area contributed by atoms with Crippen LogP contribution in [-0.2, 0) is 20.8 Å². The van der Waals surface area contributed by atoms with E-state index in [1.54, 1.807) is 56.7 Å². The van der Waals surface area contributed by atoms with Crippen molar-refractivity contribution in [1.29, 1.82) is 0 Å². The lowest BCUT2D eigenvalue weighted by Gasteiger charge is -2.12. The molecular weight excluding hydrogens is 619 g/mol. The summed E-state index contributed by atoms with van der Waals surface area (Å²) in [7, 11) is 1.55. The van der Waals surface area contributed by atoms with Crippen LogP contribution in [-0.4, -0.2) is 64.6 Å². The van der Waals surface area contributed by atoms with Crippen LogP contribution in [0.25, 0.3) is 5.69 Å². The third kappa shape index (κ3) is 8.08. The molecule has 0 spiro atoms. The Balaban J connectivity index is 1.53. The Morgan fingerprint density at radius 3 is 2.33 bits per heavy atom. The number of nitrogens with one attached hydrogen (secondary N) is 2. The fourth-order valence-electron chi connectivity index (χ4n) is 4.27. The highest BCUT2D eigenvalue weighted by atomic mass is 32.2. The first kappa shape index (κ1) is 33.2. The normalized spacial score (nSPS) is 10.7. The topological polar surface area (TPSA) is 151 Å². The molecule has 2 aromatic heterocycles. The first-order chi connectivity index (χ1) is 21.7. The molecule has 0 aliphatic rings. The van der Waals surface area contributed by atoms with Crippen LogP contribution in [0, 0.1) is 13.8 Å². The van der Waals surface area contributed by atoms with E-state index in [4.69, 9.17) is 14.2 Å². The Kier molecular flexibility index (Phi) is 11.3. The monoisotopic (exact) mass is 651 g/mol. The highest BCUT2D eigenvalue weighted by Gasteiger charge is 2.27. The van der Waals surface area contributed by atoms with Crippen LogP contribution in [0.3, 0.4) is 0 Å². The number of methoxy groups -OCH3 is 1. The largest absolute Gasteiger partial charge is 0.497 e. The quantitative estimate of drug-likeness (QED) is 0.150. The molecule has 0 unspecified atom stereocenters. The molecule has 0 bridgehead atoms. The number of esters is 2.